The van der Waals surface area contributed by atoms with Crippen molar-refractivity contribution in [3.05, 3.63) is 83.7 Å². The second kappa shape index (κ2) is 9.09. The average Bonchev–Trinajstić information content (AvgIpc) is 2.66. The molecular weight excluding hydrogens is 447 g/mol. The predicted octanol–water partition coefficient (Wildman–Crippen LogP) is 7.86. The molecule has 164 valence electrons. The molecule has 0 heterocycles. The molecule has 0 saturated heterocycles. The average molecular weight is 461 g/mol. The van der Waals surface area contributed by atoms with Crippen LogP contribution in [0.4, 0.5) is 36.4 Å². The van der Waals surface area contributed by atoms with Gasteiger partial charge < -0.3 is 10.1 Å². The Balaban J connectivity index is 1.63. The summed E-state index contributed by atoms with van der Waals surface area (Å²) in [6.45, 7) is -0.174. The monoisotopic (exact) mass is 461 g/mol. The van der Waals surface area contributed by atoms with Crippen LogP contribution < -0.4 is 10.1 Å². The Morgan fingerprint density at radius 2 is 1.52 bits per heavy atom. The Bertz CT molecular complexity index is 1030. The summed E-state index contributed by atoms with van der Waals surface area (Å²) in [4.78, 5) is -0.0219. The molecule has 3 aromatic carbocycles. The molecule has 0 radical (unpaired) electrons. The van der Waals surface area contributed by atoms with Crippen LogP contribution in [0.25, 0.3) is 0 Å². The van der Waals surface area contributed by atoms with E-state index in [1.807, 2.05) is 0 Å². The van der Waals surface area contributed by atoms with E-state index in [-0.39, 0.29) is 34.5 Å². The lowest BCUT2D eigenvalue weighted by Crippen LogP contribution is -2.08. The van der Waals surface area contributed by atoms with Gasteiger partial charge in [-0.1, -0.05) is 6.07 Å². The van der Waals surface area contributed by atoms with Crippen LogP contribution in [0, 0.1) is 5.82 Å². The number of benzene rings is 3. The van der Waals surface area contributed by atoms with Crippen molar-refractivity contribution in [3.63, 3.8) is 0 Å². The first-order chi connectivity index (χ1) is 14.5. The van der Waals surface area contributed by atoms with Gasteiger partial charge in [-0.15, -0.1) is 0 Å². The maximum atomic E-state index is 13.8. The van der Waals surface area contributed by atoms with Gasteiger partial charge in [-0.2, -0.15) is 26.3 Å². The number of anilines is 1. The standard InChI is InChI=1S/C21H14F7NOS/c22-19-9-4-14(20(23,24)25)10-13(19)12-29-15-5-7-16(8-6-15)30-17-2-1-3-18(11-17)31-21(26,27)28/h1-11,29H,12H2. The fraction of sp³-hybridized carbons (Fsp3) is 0.143. The highest BCUT2D eigenvalue weighted by Gasteiger charge is 2.31. The van der Waals surface area contributed by atoms with Crippen LogP contribution in [0.3, 0.4) is 0 Å². The largest absolute Gasteiger partial charge is 0.457 e. The van der Waals surface area contributed by atoms with Crippen LogP contribution >= 0.6 is 11.8 Å². The van der Waals surface area contributed by atoms with E-state index in [2.05, 4.69) is 5.32 Å². The number of thioether (sulfide) groups is 1. The Kier molecular flexibility index (Phi) is 6.68. The fourth-order valence-corrected chi connectivity index (χ4v) is 3.18. The number of nitrogens with one attached hydrogen (secondary N) is 1. The van der Waals surface area contributed by atoms with Crippen LogP contribution in [0.1, 0.15) is 11.1 Å². The minimum absolute atomic E-state index is 0.0219. The molecule has 0 bridgehead atoms. The smallest absolute Gasteiger partial charge is 0.446 e. The van der Waals surface area contributed by atoms with Gasteiger partial charge in [0.15, 0.2) is 0 Å². The first-order valence-corrected chi connectivity index (χ1v) is 9.54. The molecule has 3 aromatic rings. The second-order valence-corrected chi connectivity index (χ2v) is 7.45. The maximum absolute atomic E-state index is 13.8. The lowest BCUT2D eigenvalue weighted by atomic mass is 10.1. The van der Waals surface area contributed by atoms with Crippen LogP contribution in [0.5, 0.6) is 11.5 Å². The lowest BCUT2D eigenvalue weighted by Gasteiger charge is -2.12. The Morgan fingerprint density at radius 1 is 0.806 bits per heavy atom. The highest BCUT2D eigenvalue weighted by Crippen LogP contribution is 2.38. The number of alkyl halides is 6. The van der Waals surface area contributed by atoms with Crippen molar-refractivity contribution < 1.29 is 35.5 Å². The van der Waals surface area contributed by atoms with Gasteiger partial charge in [-0.05, 0) is 72.4 Å². The summed E-state index contributed by atoms with van der Waals surface area (Å²) in [5.41, 5.74) is -5.01. The summed E-state index contributed by atoms with van der Waals surface area (Å²) < 4.78 is 95.1. The first kappa shape index (κ1) is 22.8. The van der Waals surface area contributed by atoms with Gasteiger partial charge in [0.2, 0.25) is 0 Å². The Morgan fingerprint density at radius 3 is 2.16 bits per heavy atom. The van der Waals surface area contributed by atoms with Crippen LogP contribution in [0.15, 0.2) is 71.6 Å². The van der Waals surface area contributed by atoms with E-state index in [1.165, 1.54) is 36.4 Å². The summed E-state index contributed by atoms with van der Waals surface area (Å²) >= 11 is -0.255. The maximum Gasteiger partial charge on any atom is 0.446 e. The fourth-order valence-electron chi connectivity index (χ4n) is 2.60. The molecule has 0 unspecified atom stereocenters. The van der Waals surface area contributed by atoms with Crippen LogP contribution in [-0.2, 0) is 12.7 Å². The third kappa shape index (κ3) is 6.81. The van der Waals surface area contributed by atoms with Crippen molar-refractivity contribution in [2.24, 2.45) is 0 Å². The highest BCUT2D eigenvalue weighted by atomic mass is 32.2. The van der Waals surface area contributed by atoms with E-state index >= 15 is 0 Å². The lowest BCUT2D eigenvalue weighted by molar-refractivity contribution is -0.137. The molecule has 10 heteroatoms. The van der Waals surface area contributed by atoms with E-state index in [0.29, 0.717) is 17.5 Å². The van der Waals surface area contributed by atoms with Crippen LogP contribution in [0.2, 0.25) is 0 Å². The number of rotatable bonds is 6. The molecule has 0 aliphatic carbocycles. The molecule has 0 spiro atoms. The molecule has 31 heavy (non-hydrogen) atoms. The number of hydrogen-bond donors (Lipinski definition) is 1. The van der Waals surface area contributed by atoms with Crippen molar-refractivity contribution >= 4 is 17.4 Å². The molecular formula is C21H14F7NOS. The van der Waals surface area contributed by atoms with E-state index in [1.54, 1.807) is 12.1 Å². The van der Waals surface area contributed by atoms with Crippen molar-refractivity contribution in [2.45, 2.75) is 23.1 Å². The van der Waals surface area contributed by atoms with Gasteiger partial charge in [-0.25, -0.2) is 4.39 Å². The van der Waals surface area contributed by atoms with Crippen molar-refractivity contribution in [2.75, 3.05) is 5.32 Å². The second-order valence-electron chi connectivity index (χ2n) is 6.31. The van der Waals surface area contributed by atoms with Crippen molar-refractivity contribution in [1.82, 2.24) is 0 Å². The number of halogens is 7. The molecule has 1 N–H and O–H groups in total. The summed E-state index contributed by atoms with van der Waals surface area (Å²) in [5, 5.41) is 2.82. The minimum atomic E-state index is -4.57. The zero-order chi connectivity index (χ0) is 22.6. The zero-order valence-corrected chi connectivity index (χ0v) is 16.3. The van der Waals surface area contributed by atoms with E-state index < -0.39 is 23.1 Å². The number of hydrogen-bond acceptors (Lipinski definition) is 3. The quantitative estimate of drug-likeness (QED) is 0.298. The van der Waals surface area contributed by atoms with Crippen molar-refractivity contribution in [1.29, 1.82) is 0 Å². The molecule has 0 aromatic heterocycles. The zero-order valence-electron chi connectivity index (χ0n) is 15.5. The summed E-state index contributed by atoms with van der Waals surface area (Å²) in [6, 6.07) is 13.8. The van der Waals surface area contributed by atoms with Crippen molar-refractivity contribution in [3.8, 4) is 11.5 Å². The first-order valence-electron chi connectivity index (χ1n) is 8.73. The summed E-state index contributed by atoms with van der Waals surface area (Å²) in [6.07, 6.45) is -4.57. The van der Waals surface area contributed by atoms with Gasteiger partial charge in [0.25, 0.3) is 0 Å². The number of ether oxygens (including phenoxy) is 1. The SMILES string of the molecule is Fc1ccc(C(F)(F)F)cc1CNc1ccc(Oc2cccc(SC(F)(F)F)c2)cc1. The molecule has 0 aliphatic heterocycles. The third-order valence-electron chi connectivity index (χ3n) is 3.99. The molecule has 0 aliphatic rings. The van der Waals surface area contributed by atoms with Gasteiger partial charge in [0.05, 0.1) is 5.56 Å². The Labute approximate surface area is 177 Å². The molecule has 0 fully saturated rings. The third-order valence-corrected chi connectivity index (χ3v) is 4.71. The molecule has 2 nitrogen and oxygen atoms in total. The Hall–Kier alpha value is -2.88. The molecule has 0 saturated carbocycles. The predicted molar refractivity (Wildman–Crippen MR) is 104 cm³/mol. The summed E-state index contributed by atoms with van der Waals surface area (Å²) in [7, 11) is 0. The summed E-state index contributed by atoms with van der Waals surface area (Å²) in [5.74, 6) is -0.219. The van der Waals surface area contributed by atoms with Gasteiger partial charge in [0, 0.05) is 22.7 Å². The van der Waals surface area contributed by atoms with E-state index in [4.69, 9.17) is 4.74 Å². The van der Waals surface area contributed by atoms with E-state index in [9.17, 15) is 30.7 Å². The molecule has 3 rings (SSSR count). The minimum Gasteiger partial charge on any atom is -0.457 e. The normalized spacial score (nSPS) is 12.0. The topological polar surface area (TPSA) is 21.3 Å². The molecule has 0 amide bonds. The highest BCUT2D eigenvalue weighted by molar-refractivity contribution is 8.00. The molecule has 0 atom stereocenters. The van der Waals surface area contributed by atoms with Gasteiger partial charge in [0.1, 0.15) is 17.3 Å². The van der Waals surface area contributed by atoms with Gasteiger partial charge in [-0.3, -0.25) is 0 Å². The van der Waals surface area contributed by atoms with Crippen LogP contribution in [-0.4, -0.2) is 5.51 Å². The van der Waals surface area contributed by atoms with E-state index in [0.717, 1.165) is 12.1 Å². The van der Waals surface area contributed by atoms with Gasteiger partial charge >= 0.3 is 11.7 Å².